The largest absolute Gasteiger partial charge is 0.466 e. The van der Waals surface area contributed by atoms with Gasteiger partial charge in [-0.3, -0.25) is 4.57 Å². The number of nitrogens with zero attached hydrogens (tertiary/aromatic N) is 6. The van der Waals surface area contributed by atoms with Crippen LogP contribution in [0.3, 0.4) is 0 Å². The smallest absolute Gasteiger partial charge is 0.238 e. The Labute approximate surface area is 171 Å². The fourth-order valence-corrected chi connectivity index (χ4v) is 4.06. The highest BCUT2D eigenvalue weighted by molar-refractivity contribution is 6.30. The summed E-state index contributed by atoms with van der Waals surface area (Å²) >= 11 is 6.25. The summed E-state index contributed by atoms with van der Waals surface area (Å²) in [5, 5.41) is 8.98. The van der Waals surface area contributed by atoms with Gasteiger partial charge in [-0.1, -0.05) is 47.1 Å². The first-order chi connectivity index (χ1) is 14.3. The minimum absolute atomic E-state index is 0.0902. The lowest BCUT2D eigenvalue weighted by molar-refractivity contribution is 0.229. The van der Waals surface area contributed by atoms with Crippen molar-refractivity contribution in [3.8, 4) is 11.4 Å². The third-order valence-electron chi connectivity index (χ3n) is 5.29. The predicted molar refractivity (Wildman–Crippen MR) is 108 cm³/mol. The van der Waals surface area contributed by atoms with E-state index in [1.54, 1.807) is 12.5 Å². The Balaban J connectivity index is 1.44. The minimum Gasteiger partial charge on any atom is -0.466 e. The molecule has 0 bridgehead atoms. The van der Waals surface area contributed by atoms with E-state index in [-0.39, 0.29) is 6.10 Å². The Bertz CT molecular complexity index is 1260. The Morgan fingerprint density at radius 1 is 1.07 bits per heavy atom. The normalized spacial score (nSPS) is 17.0. The van der Waals surface area contributed by atoms with Crippen LogP contribution in [0.4, 0.5) is 0 Å². The average Bonchev–Trinajstić information content (AvgIpc) is 3.48. The SMILES string of the molecule is Clc1ccc2c(c1)-n1nncc1Cc1c(C3=NC[C@H](c4ccccc4)O3)ncn1-2. The van der Waals surface area contributed by atoms with Gasteiger partial charge in [0.15, 0.2) is 0 Å². The van der Waals surface area contributed by atoms with Crippen molar-refractivity contribution in [3.63, 3.8) is 0 Å². The lowest BCUT2D eigenvalue weighted by atomic mass is 10.1. The highest BCUT2D eigenvalue weighted by Crippen LogP contribution is 2.32. The lowest BCUT2D eigenvalue weighted by Crippen LogP contribution is -2.10. The molecule has 4 heterocycles. The zero-order valence-electron chi connectivity index (χ0n) is 15.2. The summed E-state index contributed by atoms with van der Waals surface area (Å²) in [7, 11) is 0. The van der Waals surface area contributed by atoms with E-state index in [0.29, 0.717) is 23.9 Å². The molecule has 7 nitrogen and oxygen atoms in total. The van der Waals surface area contributed by atoms with E-state index in [1.165, 1.54) is 0 Å². The Kier molecular flexibility index (Phi) is 3.57. The van der Waals surface area contributed by atoms with Crippen molar-refractivity contribution in [1.29, 1.82) is 0 Å². The Morgan fingerprint density at radius 2 is 1.97 bits per heavy atom. The zero-order valence-corrected chi connectivity index (χ0v) is 16.0. The quantitative estimate of drug-likeness (QED) is 0.453. The van der Waals surface area contributed by atoms with Crippen molar-refractivity contribution in [2.24, 2.45) is 4.99 Å². The molecule has 29 heavy (non-hydrogen) atoms. The molecule has 0 fully saturated rings. The molecule has 0 saturated carbocycles. The van der Waals surface area contributed by atoms with E-state index in [9.17, 15) is 0 Å². The molecular weight excluding hydrogens is 388 g/mol. The second-order valence-electron chi connectivity index (χ2n) is 7.02. The lowest BCUT2D eigenvalue weighted by Gasteiger charge is -2.12. The molecule has 2 aliphatic heterocycles. The third kappa shape index (κ3) is 2.58. The van der Waals surface area contributed by atoms with Gasteiger partial charge in [-0.05, 0) is 23.8 Å². The second-order valence-corrected chi connectivity index (χ2v) is 7.46. The van der Waals surface area contributed by atoms with Gasteiger partial charge in [0.1, 0.15) is 18.1 Å². The maximum absolute atomic E-state index is 6.25. The molecule has 4 aromatic rings. The van der Waals surface area contributed by atoms with Crippen molar-refractivity contribution in [2.75, 3.05) is 6.54 Å². The third-order valence-corrected chi connectivity index (χ3v) is 5.52. The topological polar surface area (TPSA) is 70.1 Å². The molecule has 0 amide bonds. The van der Waals surface area contributed by atoms with E-state index in [4.69, 9.17) is 16.3 Å². The van der Waals surface area contributed by atoms with Crippen LogP contribution in [0.2, 0.25) is 5.02 Å². The first-order valence-electron chi connectivity index (χ1n) is 9.30. The maximum Gasteiger partial charge on any atom is 0.238 e. The number of halogens is 1. The molecule has 0 saturated heterocycles. The molecule has 0 spiro atoms. The molecular formula is C21H15ClN6O. The fourth-order valence-electron chi connectivity index (χ4n) is 3.90. The van der Waals surface area contributed by atoms with E-state index in [0.717, 1.165) is 34.0 Å². The molecule has 1 atom stereocenters. The van der Waals surface area contributed by atoms with Crippen molar-refractivity contribution >= 4 is 17.5 Å². The summed E-state index contributed by atoms with van der Waals surface area (Å²) in [4.78, 5) is 9.30. The van der Waals surface area contributed by atoms with Gasteiger partial charge < -0.3 is 4.74 Å². The molecule has 8 heteroatoms. The van der Waals surface area contributed by atoms with Crippen LogP contribution in [-0.2, 0) is 11.2 Å². The van der Waals surface area contributed by atoms with Crippen LogP contribution in [-0.4, -0.2) is 37.0 Å². The van der Waals surface area contributed by atoms with Gasteiger partial charge in [0.05, 0.1) is 35.5 Å². The molecule has 0 aliphatic carbocycles. The van der Waals surface area contributed by atoms with E-state index in [1.807, 2.05) is 41.1 Å². The first kappa shape index (κ1) is 16.5. The summed E-state index contributed by atoms with van der Waals surface area (Å²) in [5.41, 5.74) is 5.60. The molecule has 0 radical (unpaired) electrons. The summed E-state index contributed by atoms with van der Waals surface area (Å²) in [6.07, 6.45) is 4.08. The summed E-state index contributed by atoms with van der Waals surface area (Å²) < 4.78 is 10.1. The van der Waals surface area contributed by atoms with Gasteiger partial charge in [0.2, 0.25) is 5.90 Å². The van der Waals surface area contributed by atoms with Crippen LogP contribution in [0.5, 0.6) is 0 Å². The molecule has 0 unspecified atom stereocenters. The van der Waals surface area contributed by atoms with Gasteiger partial charge in [-0.25, -0.2) is 14.7 Å². The van der Waals surface area contributed by atoms with Crippen LogP contribution in [0, 0.1) is 0 Å². The number of hydrogen-bond donors (Lipinski definition) is 0. The monoisotopic (exact) mass is 402 g/mol. The predicted octanol–water partition coefficient (Wildman–Crippen LogP) is 3.53. The number of aliphatic imine (C=N–C) groups is 1. The van der Waals surface area contributed by atoms with Gasteiger partial charge >= 0.3 is 0 Å². The molecule has 0 N–H and O–H groups in total. The number of benzene rings is 2. The van der Waals surface area contributed by atoms with Crippen LogP contribution in [0.1, 0.15) is 28.7 Å². The minimum atomic E-state index is -0.0902. The number of hydrogen-bond acceptors (Lipinski definition) is 5. The molecule has 2 aliphatic rings. The van der Waals surface area contributed by atoms with E-state index in [2.05, 4.69) is 37.0 Å². The highest BCUT2D eigenvalue weighted by Gasteiger charge is 2.30. The maximum atomic E-state index is 6.25. The summed E-state index contributed by atoms with van der Waals surface area (Å²) in [5.74, 6) is 0.573. The number of rotatable bonds is 2. The van der Waals surface area contributed by atoms with Gasteiger partial charge in [0, 0.05) is 11.4 Å². The number of fused-ring (bicyclic) bond motifs is 5. The van der Waals surface area contributed by atoms with Crippen LogP contribution in [0.15, 0.2) is 66.0 Å². The average molecular weight is 403 g/mol. The summed E-state index contributed by atoms with van der Waals surface area (Å²) in [6.45, 7) is 0.581. The van der Waals surface area contributed by atoms with Crippen molar-refractivity contribution in [1.82, 2.24) is 24.5 Å². The first-order valence-corrected chi connectivity index (χ1v) is 9.68. The number of imidazole rings is 1. The van der Waals surface area contributed by atoms with Gasteiger partial charge in [-0.15, -0.1) is 5.10 Å². The molecule has 2 aromatic carbocycles. The number of aromatic nitrogens is 5. The standard InChI is InChI=1S/C21H15ClN6O/c22-14-6-7-16-17(8-14)28-15(10-25-26-28)9-18-20(24-12-27(16)18)21-23-11-19(29-21)13-4-2-1-3-5-13/h1-8,10,12,19H,9,11H2/t19-/m1/s1. The molecule has 142 valence electrons. The molecule has 2 aromatic heterocycles. The van der Waals surface area contributed by atoms with E-state index < -0.39 is 0 Å². The number of ether oxygens (including phenoxy) is 1. The Morgan fingerprint density at radius 3 is 2.86 bits per heavy atom. The van der Waals surface area contributed by atoms with Crippen molar-refractivity contribution in [3.05, 3.63) is 88.7 Å². The Hall–Kier alpha value is -3.45. The van der Waals surface area contributed by atoms with Crippen molar-refractivity contribution < 1.29 is 4.74 Å². The van der Waals surface area contributed by atoms with Crippen LogP contribution < -0.4 is 0 Å². The van der Waals surface area contributed by atoms with Gasteiger partial charge in [0.25, 0.3) is 0 Å². The van der Waals surface area contributed by atoms with E-state index >= 15 is 0 Å². The summed E-state index contributed by atoms with van der Waals surface area (Å²) in [6, 6.07) is 15.8. The van der Waals surface area contributed by atoms with Crippen LogP contribution >= 0.6 is 11.6 Å². The van der Waals surface area contributed by atoms with Crippen molar-refractivity contribution in [2.45, 2.75) is 12.5 Å². The van der Waals surface area contributed by atoms with Crippen LogP contribution in [0.25, 0.3) is 11.4 Å². The molecule has 6 rings (SSSR count). The fraction of sp³-hybridized carbons (Fsp3) is 0.143. The zero-order chi connectivity index (χ0) is 19.4. The highest BCUT2D eigenvalue weighted by atomic mass is 35.5. The second kappa shape index (κ2) is 6.28. The van der Waals surface area contributed by atoms with Gasteiger partial charge in [-0.2, -0.15) is 0 Å².